The highest BCUT2D eigenvalue weighted by Crippen LogP contribution is 2.22. The van der Waals surface area contributed by atoms with E-state index in [1.54, 1.807) is 24.3 Å². The summed E-state index contributed by atoms with van der Waals surface area (Å²) in [5, 5.41) is 5.77. The van der Waals surface area contributed by atoms with Crippen molar-refractivity contribution >= 4 is 17.5 Å². The number of rotatable bonds is 8. The maximum Gasteiger partial charge on any atom is 0.265 e. The average molecular weight is 411 g/mol. The predicted molar refractivity (Wildman–Crippen MR) is 117 cm³/mol. The third kappa shape index (κ3) is 5.60. The Kier molecular flexibility index (Phi) is 7.46. The first kappa shape index (κ1) is 21.8. The van der Waals surface area contributed by atoms with Crippen molar-refractivity contribution in [3.63, 3.8) is 0 Å². The van der Waals surface area contributed by atoms with E-state index in [0.717, 1.165) is 30.6 Å². The normalized spacial score (nSPS) is 16.7. The standard InChI is InChI=1S/C24H30N2O4/c1-4-21(30-22-12-11-16(2)14-17(22)3)24(28)26-20-10-6-5-9-19(20)23(27)25-15-18-8-7-13-29-18/h5-6,9-12,14,18,21H,4,7-8,13,15H2,1-3H3,(H,25,27)(H,26,28)/t18-,21-/m0/s1. The van der Waals surface area contributed by atoms with Gasteiger partial charge in [-0.2, -0.15) is 0 Å². The van der Waals surface area contributed by atoms with Gasteiger partial charge < -0.3 is 20.1 Å². The van der Waals surface area contributed by atoms with Crippen LogP contribution in [0.5, 0.6) is 5.75 Å². The Balaban J connectivity index is 1.66. The molecule has 0 aromatic heterocycles. The van der Waals surface area contributed by atoms with Crippen LogP contribution in [0.1, 0.15) is 47.7 Å². The molecule has 0 bridgehead atoms. The van der Waals surface area contributed by atoms with Crippen LogP contribution in [0.25, 0.3) is 0 Å². The lowest BCUT2D eigenvalue weighted by Crippen LogP contribution is -2.35. The van der Waals surface area contributed by atoms with Gasteiger partial charge in [0.05, 0.1) is 17.4 Å². The van der Waals surface area contributed by atoms with Gasteiger partial charge in [-0.3, -0.25) is 9.59 Å². The lowest BCUT2D eigenvalue weighted by atomic mass is 10.1. The van der Waals surface area contributed by atoms with Crippen LogP contribution in [0.3, 0.4) is 0 Å². The molecule has 6 nitrogen and oxygen atoms in total. The number of aryl methyl sites for hydroxylation is 2. The number of hydrogen-bond donors (Lipinski definition) is 2. The number of carbonyl (C=O) groups is 2. The second kappa shape index (κ2) is 10.3. The van der Waals surface area contributed by atoms with Crippen molar-refractivity contribution in [3.8, 4) is 5.75 Å². The smallest absolute Gasteiger partial charge is 0.265 e. The van der Waals surface area contributed by atoms with Gasteiger partial charge in [-0.15, -0.1) is 0 Å². The zero-order valence-corrected chi connectivity index (χ0v) is 17.9. The highest BCUT2D eigenvalue weighted by atomic mass is 16.5. The van der Waals surface area contributed by atoms with Gasteiger partial charge in [-0.1, -0.05) is 36.8 Å². The summed E-state index contributed by atoms with van der Waals surface area (Å²) in [6.07, 6.45) is 1.88. The van der Waals surface area contributed by atoms with E-state index in [9.17, 15) is 9.59 Å². The molecule has 2 aromatic carbocycles. The van der Waals surface area contributed by atoms with E-state index in [2.05, 4.69) is 10.6 Å². The van der Waals surface area contributed by atoms with Gasteiger partial charge in [-0.05, 0) is 56.9 Å². The molecular weight excluding hydrogens is 380 g/mol. The van der Waals surface area contributed by atoms with Crippen LogP contribution in [0, 0.1) is 13.8 Å². The fourth-order valence-corrected chi connectivity index (χ4v) is 3.52. The summed E-state index contributed by atoms with van der Waals surface area (Å²) in [5.74, 6) is 0.173. The molecule has 160 valence electrons. The third-order valence-electron chi connectivity index (χ3n) is 5.21. The van der Waals surface area contributed by atoms with Gasteiger partial charge in [0.15, 0.2) is 6.10 Å². The van der Waals surface area contributed by atoms with Crippen LogP contribution in [0.4, 0.5) is 5.69 Å². The lowest BCUT2D eigenvalue weighted by Gasteiger charge is -2.20. The molecule has 1 saturated heterocycles. The van der Waals surface area contributed by atoms with E-state index < -0.39 is 6.10 Å². The van der Waals surface area contributed by atoms with Crippen molar-refractivity contribution in [1.82, 2.24) is 5.32 Å². The minimum atomic E-state index is -0.658. The number of carbonyl (C=O) groups excluding carboxylic acids is 2. The molecule has 1 aliphatic heterocycles. The molecule has 1 fully saturated rings. The molecular formula is C24H30N2O4. The van der Waals surface area contributed by atoms with Gasteiger partial charge in [0.2, 0.25) is 0 Å². The molecule has 30 heavy (non-hydrogen) atoms. The molecule has 2 aromatic rings. The van der Waals surface area contributed by atoms with Crippen molar-refractivity contribution in [1.29, 1.82) is 0 Å². The highest BCUT2D eigenvalue weighted by molar-refractivity contribution is 6.04. The third-order valence-corrected chi connectivity index (χ3v) is 5.21. The summed E-state index contributed by atoms with van der Waals surface area (Å²) in [6.45, 7) is 7.08. The van der Waals surface area contributed by atoms with Gasteiger partial charge in [-0.25, -0.2) is 0 Å². The number of amides is 2. The van der Waals surface area contributed by atoms with Crippen molar-refractivity contribution in [2.45, 2.75) is 52.2 Å². The van der Waals surface area contributed by atoms with Crippen LogP contribution >= 0.6 is 0 Å². The Bertz CT molecular complexity index is 891. The van der Waals surface area contributed by atoms with Crippen LogP contribution in [0.15, 0.2) is 42.5 Å². The summed E-state index contributed by atoms with van der Waals surface area (Å²) >= 11 is 0. The van der Waals surface area contributed by atoms with Gasteiger partial charge >= 0.3 is 0 Å². The SMILES string of the molecule is CC[C@H](Oc1ccc(C)cc1C)C(=O)Nc1ccccc1C(=O)NC[C@@H]1CCCO1. The topological polar surface area (TPSA) is 76.7 Å². The first-order valence-corrected chi connectivity index (χ1v) is 10.5. The van der Waals surface area contributed by atoms with E-state index in [1.165, 1.54) is 0 Å². The maximum absolute atomic E-state index is 12.9. The maximum atomic E-state index is 12.9. The Labute approximate surface area is 178 Å². The summed E-state index contributed by atoms with van der Waals surface area (Å²) in [6, 6.07) is 12.9. The largest absolute Gasteiger partial charge is 0.480 e. The molecule has 1 aliphatic rings. The average Bonchev–Trinajstić information content (AvgIpc) is 3.25. The van der Waals surface area contributed by atoms with Crippen LogP contribution in [-0.4, -0.2) is 37.2 Å². The minimum absolute atomic E-state index is 0.0614. The van der Waals surface area contributed by atoms with E-state index in [-0.39, 0.29) is 17.9 Å². The first-order chi connectivity index (χ1) is 14.5. The summed E-state index contributed by atoms with van der Waals surface area (Å²) < 4.78 is 11.5. The predicted octanol–water partition coefficient (Wildman–Crippen LogP) is 4.01. The van der Waals surface area contributed by atoms with Crippen LogP contribution in [-0.2, 0) is 9.53 Å². The van der Waals surface area contributed by atoms with Gasteiger partial charge in [0.25, 0.3) is 11.8 Å². The summed E-state index contributed by atoms with van der Waals surface area (Å²) in [7, 11) is 0. The molecule has 3 rings (SSSR count). The van der Waals surface area contributed by atoms with Crippen LogP contribution < -0.4 is 15.4 Å². The molecule has 2 N–H and O–H groups in total. The number of anilines is 1. The summed E-state index contributed by atoms with van der Waals surface area (Å²) in [5.41, 5.74) is 3.01. The molecule has 0 unspecified atom stereocenters. The van der Waals surface area contributed by atoms with Gasteiger partial charge in [0, 0.05) is 13.2 Å². The zero-order valence-electron chi connectivity index (χ0n) is 17.9. The lowest BCUT2D eigenvalue weighted by molar-refractivity contribution is -0.122. The molecule has 2 atom stereocenters. The number of benzene rings is 2. The molecule has 1 heterocycles. The number of hydrogen-bond acceptors (Lipinski definition) is 4. The minimum Gasteiger partial charge on any atom is -0.480 e. The number of nitrogens with one attached hydrogen (secondary N) is 2. The van der Waals surface area contributed by atoms with E-state index in [1.807, 2.05) is 39.0 Å². The van der Waals surface area contributed by atoms with E-state index in [4.69, 9.17) is 9.47 Å². The van der Waals surface area contributed by atoms with Crippen molar-refractivity contribution in [3.05, 3.63) is 59.2 Å². The molecule has 2 amide bonds. The highest BCUT2D eigenvalue weighted by Gasteiger charge is 2.22. The molecule has 0 radical (unpaired) electrons. The van der Waals surface area contributed by atoms with Crippen molar-refractivity contribution < 1.29 is 19.1 Å². The Morgan fingerprint density at radius 1 is 1.20 bits per heavy atom. The quantitative estimate of drug-likeness (QED) is 0.689. The molecule has 6 heteroatoms. The molecule has 0 saturated carbocycles. The summed E-state index contributed by atoms with van der Waals surface area (Å²) in [4.78, 5) is 25.5. The van der Waals surface area contributed by atoms with Gasteiger partial charge in [0.1, 0.15) is 5.75 Å². The van der Waals surface area contributed by atoms with E-state index in [0.29, 0.717) is 30.0 Å². The molecule has 0 spiro atoms. The number of para-hydroxylation sites is 1. The fourth-order valence-electron chi connectivity index (χ4n) is 3.52. The fraction of sp³-hybridized carbons (Fsp3) is 0.417. The van der Waals surface area contributed by atoms with Crippen molar-refractivity contribution in [2.24, 2.45) is 0 Å². The second-order valence-electron chi connectivity index (χ2n) is 7.66. The first-order valence-electron chi connectivity index (χ1n) is 10.5. The zero-order chi connectivity index (χ0) is 21.5. The van der Waals surface area contributed by atoms with Crippen LogP contribution in [0.2, 0.25) is 0 Å². The number of ether oxygens (including phenoxy) is 2. The van der Waals surface area contributed by atoms with Crippen molar-refractivity contribution in [2.75, 3.05) is 18.5 Å². The Hall–Kier alpha value is -2.86. The Morgan fingerprint density at radius 3 is 2.70 bits per heavy atom. The second-order valence-corrected chi connectivity index (χ2v) is 7.66. The molecule has 0 aliphatic carbocycles. The monoisotopic (exact) mass is 410 g/mol. The Morgan fingerprint density at radius 2 is 2.00 bits per heavy atom. The van der Waals surface area contributed by atoms with E-state index >= 15 is 0 Å².